The normalized spacial score (nSPS) is 13.2. The van der Waals surface area contributed by atoms with Crippen molar-refractivity contribution in [3.05, 3.63) is 97.1 Å². The maximum absolute atomic E-state index is 13.5. The van der Waals surface area contributed by atoms with Gasteiger partial charge in [0, 0.05) is 10.6 Å². The molecule has 0 bridgehead atoms. The van der Waals surface area contributed by atoms with Gasteiger partial charge in [-0.25, -0.2) is 0 Å². The van der Waals surface area contributed by atoms with Gasteiger partial charge in [0.05, 0.1) is 6.61 Å². The summed E-state index contributed by atoms with van der Waals surface area (Å²) in [5, 5.41) is 1.20. The maximum Gasteiger partial charge on any atom is 0.261 e. The summed E-state index contributed by atoms with van der Waals surface area (Å²) >= 11 is 0. The van der Waals surface area contributed by atoms with E-state index >= 15 is 0 Å². The molecule has 3 aromatic carbocycles. The fraction of sp³-hybridized carbons (Fsp3) is 0.0909. The number of rotatable bonds is 6. The van der Waals surface area contributed by atoms with Gasteiger partial charge in [0.1, 0.15) is 0 Å². The molecule has 0 radical (unpaired) electrons. The zero-order chi connectivity index (χ0) is 17.7. The largest absolute Gasteiger partial charge is 0.322 e. The van der Waals surface area contributed by atoms with Crippen molar-refractivity contribution in [1.82, 2.24) is 0 Å². The van der Waals surface area contributed by atoms with Crippen LogP contribution in [0.15, 0.2) is 91.5 Å². The fourth-order valence-corrected chi connectivity index (χ4v) is 4.80. The Kier molecular flexibility index (Phi) is 5.33. The van der Waals surface area contributed by atoms with Gasteiger partial charge in [-0.1, -0.05) is 79.4 Å². The lowest BCUT2D eigenvalue weighted by Gasteiger charge is -2.21. The van der Waals surface area contributed by atoms with Crippen molar-refractivity contribution in [2.45, 2.75) is 6.92 Å². The van der Waals surface area contributed by atoms with Gasteiger partial charge in [0.25, 0.3) is 7.37 Å². The van der Waals surface area contributed by atoms with Crippen LogP contribution in [0.5, 0.6) is 0 Å². The first-order chi connectivity index (χ1) is 12.1. The highest BCUT2D eigenvalue weighted by Gasteiger charge is 2.30. The number of benzene rings is 3. The third kappa shape index (κ3) is 3.66. The van der Waals surface area contributed by atoms with E-state index in [-0.39, 0.29) is 0 Å². The lowest BCUT2D eigenvalue weighted by molar-refractivity contribution is 0.348. The minimum atomic E-state index is -3.17. The first-order valence-corrected chi connectivity index (χ1v) is 9.93. The van der Waals surface area contributed by atoms with Crippen LogP contribution >= 0.6 is 7.37 Å². The quantitative estimate of drug-likeness (QED) is 0.513. The summed E-state index contributed by atoms with van der Waals surface area (Å²) in [4.78, 5) is 0. The Bertz CT molecular complexity index is 884. The highest BCUT2D eigenvalue weighted by atomic mass is 31.2. The van der Waals surface area contributed by atoms with Crippen LogP contribution in [-0.4, -0.2) is 6.61 Å². The Labute approximate surface area is 149 Å². The van der Waals surface area contributed by atoms with E-state index in [9.17, 15) is 4.57 Å². The molecule has 0 spiro atoms. The second-order valence-corrected chi connectivity index (χ2v) is 8.11. The average Bonchev–Trinajstić information content (AvgIpc) is 2.69. The molecule has 1 atom stereocenters. The van der Waals surface area contributed by atoms with Crippen molar-refractivity contribution in [3.63, 3.8) is 0 Å². The van der Waals surface area contributed by atoms with Crippen molar-refractivity contribution in [3.8, 4) is 11.1 Å². The topological polar surface area (TPSA) is 26.3 Å². The van der Waals surface area contributed by atoms with Crippen molar-refractivity contribution in [2.75, 3.05) is 6.61 Å². The summed E-state index contributed by atoms with van der Waals surface area (Å²) < 4.78 is 19.3. The van der Waals surface area contributed by atoms with Gasteiger partial charge in [-0.3, -0.25) is 4.57 Å². The minimum absolute atomic E-state index is 0.368. The average molecular weight is 348 g/mol. The molecule has 0 fully saturated rings. The predicted molar refractivity (Wildman–Crippen MR) is 106 cm³/mol. The Morgan fingerprint density at radius 1 is 0.840 bits per heavy atom. The molecular formula is C22H21O2P. The van der Waals surface area contributed by atoms with E-state index in [1.165, 1.54) is 0 Å². The molecule has 0 saturated heterocycles. The lowest BCUT2D eigenvalue weighted by Crippen LogP contribution is -2.08. The Morgan fingerprint density at radius 3 is 1.92 bits per heavy atom. The molecule has 0 amide bonds. The van der Waals surface area contributed by atoms with Crippen LogP contribution in [-0.2, 0) is 9.09 Å². The third-order valence-electron chi connectivity index (χ3n) is 4.09. The molecule has 0 aliphatic heterocycles. The van der Waals surface area contributed by atoms with Crippen molar-refractivity contribution < 1.29 is 9.09 Å². The molecule has 3 aromatic rings. The van der Waals surface area contributed by atoms with Crippen LogP contribution in [0, 0.1) is 0 Å². The van der Waals surface area contributed by atoms with E-state index in [0.29, 0.717) is 17.2 Å². The minimum Gasteiger partial charge on any atom is -0.322 e. The van der Waals surface area contributed by atoms with Crippen LogP contribution in [0.1, 0.15) is 12.5 Å². The Balaban J connectivity index is 1.94. The van der Waals surface area contributed by atoms with Crippen LogP contribution in [0.3, 0.4) is 0 Å². The molecule has 0 saturated carbocycles. The van der Waals surface area contributed by atoms with Gasteiger partial charge in [0.15, 0.2) is 0 Å². The van der Waals surface area contributed by atoms with E-state index in [0.717, 1.165) is 16.7 Å². The summed E-state index contributed by atoms with van der Waals surface area (Å²) in [5.74, 6) is 0. The highest BCUT2D eigenvalue weighted by molar-refractivity contribution is 7.76. The van der Waals surface area contributed by atoms with Crippen molar-refractivity contribution in [1.29, 1.82) is 0 Å². The number of hydrogen-bond donors (Lipinski definition) is 0. The van der Waals surface area contributed by atoms with E-state index in [2.05, 4.69) is 18.7 Å². The van der Waals surface area contributed by atoms with Gasteiger partial charge < -0.3 is 4.52 Å². The van der Waals surface area contributed by atoms with E-state index in [1.807, 2.05) is 79.7 Å². The molecule has 0 unspecified atom stereocenters. The predicted octanol–water partition coefficient (Wildman–Crippen LogP) is 5.96. The molecule has 25 heavy (non-hydrogen) atoms. The fourth-order valence-electron chi connectivity index (χ4n) is 2.77. The summed E-state index contributed by atoms with van der Waals surface area (Å²) in [7, 11) is -3.17. The first-order valence-electron chi connectivity index (χ1n) is 8.30. The molecule has 3 rings (SSSR count). The zero-order valence-corrected chi connectivity index (χ0v) is 15.2. The second kappa shape index (κ2) is 7.65. The summed E-state index contributed by atoms with van der Waals surface area (Å²) in [6.07, 6.45) is 0. The molecular weight excluding hydrogens is 327 g/mol. The van der Waals surface area contributed by atoms with Gasteiger partial charge in [0.2, 0.25) is 0 Å². The first kappa shape index (κ1) is 17.4. The molecule has 2 nitrogen and oxygen atoms in total. The SMILES string of the molecule is C=C(c1ccc(-c2ccccc2)cc1)[P@](=O)(OCC)c1ccccc1. The summed E-state index contributed by atoms with van der Waals surface area (Å²) in [5.41, 5.74) is 3.10. The smallest absolute Gasteiger partial charge is 0.261 e. The van der Waals surface area contributed by atoms with Crippen LogP contribution in [0.4, 0.5) is 0 Å². The van der Waals surface area contributed by atoms with Crippen molar-refractivity contribution in [2.24, 2.45) is 0 Å². The molecule has 0 aromatic heterocycles. The van der Waals surface area contributed by atoms with Crippen LogP contribution in [0.25, 0.3) is 16.4 Å². The Morgan fingerprint density at radius 2 is 1.36 bits per heavy atom. The summed E-state index contributed by atoms with van der Waals surface area (Å²) in [6, 6.07) is 27.4. The van der Waals surface area contributed by atoms with Gasteiger partial charge in [-0.2, -0.15) is 0 Å². The lowest BCUT2D eigenvalue weighted by atomic mass is 10.0. The highest BCUT2D eigenvalue weighted by Crippen LogP contribution is 2.57. The monoisotopic (exact) mass is 348 g/mol. The maximum atomic E-state index is 13.5. The van der Waals surface area contributed by atoms with E-state index in [1.54, 1.807) is 0 Å². The molecule has 0 aliphatic carbocycles. The van der Waals surface area contributed by atoms with E-state index in [4.69, 9.17) is 4.52 Å². The number of hydrogen-bond acceptors (Lipinski definition) is 2. The molecule has 0 heterocycles. The third-order valence-corrected chi connectivity index (χ3v) is 6.66. The summed E-state index contributed by atoms with van der Waals surface area (Å²) in [6.45, 7) is 6.32. The van der Waals surface area contributed by atoms with Crippen LogP contribution in [0.2, 0.25) is 0 Å². The van der Waals surface area contributed by atoms with Gasteiger partial charge in [-0.15, -0.1) is 0 Å². The Hall–Kier alpha value is -2.41. The standard InChI is InChI=1S/C22H21O2P/c1-3-24-25(23,22-12-8-5-9-13-22)18(2)19-14-16-21(17-15-19)20-10-6-4-7-11-20/h4-17H,2-3H2,1H3/t25-/m0/s1. The molecule has 0 N–H and O–H groups in total. The molecule has 126 valence electrons. The molecule has 3 heteroatoms. The van der Waals surface area contributed by atoms with E-state index < -0.39 is 7.37 Å². The van der Waals surface area contributed by atoms with Gasteiger partial charge in [-0.05, 0) is 35.7 Å². The van der Waals surface area contributed by atoms with Crippen molar-refractivity contribution >= 4 is 18.0 Å². The van der Waals surface area contributed by atoms with Gasteiger partial charge >= 0.3 is 0 Å². The second-order valence-electron chi connectivity index (χ2n) is 5.69. The van der Waals surface area contributed by atoms with Crippen LogP contribution < -0.4 is 5.30 Å². The zero-order valence-electron chi connectivity index (χ0n) is 14.3. The molecule has 0 aliphatic rings.